The summed E-state index contributed by atoms with van der Waals surface area (Å²) in [6, 6.07) is 24.6. The molecule has 0 unspecified atom stereocenters. The van der Waals surface area contributed by atoms with Gasteiger partial charge in [-0.15, -0.1) is 0 Å². The molecule has 0 aliphatic carbocycles. The van der Waals surface area contributed by atoms with Gasteiger partial charge in [-0.2, -0.15) is 5.26 Å². The fourth-order valence-electron chi connectivity index (χ4n) is 5.14. The number of aliphatic hydroxyl groups excluding tert-OH is 2. The van der Waals surface area contributed by atoms with Crippen molar-refractivity contribution < 1.29 is 34.5 Å². The van der Waals surface area contributed by atoms with Crippen LogP contribution in [0.25, 0.3) is 14.5 Å². The van der Waals surface area contributed by atoms with E-state index in [2.05, 4.69) is 25.4 Å². The summed E-state index contributed by atoms with van der Waals surface area (Å²) in [5.74, 6) is 0.909. The van der Waals surface area contributed by atoms with Crippen molar-refractivity contribution >= 4 is 40.8 Å². The van der Waals surface area contributed by atoms with E-state index in [1.165, 1.54) is 38.1 Å². The molecule has 0 spiro atoms. The van der Waals surface area contributed by atoms with Gasteiger partial charge >= 0.3 is 5.97 Å². The maximum absolute atomic E-state index is 12.5. The number of hydrogen-bond acceptors (Lipinski definition) is 8. The van der Waals surface area contributed by atoms with Gasteiger partial charge in [-0.05, 0) is 87.1 Å². The monoisotopic (exact) mass is 770 g/mol. The van der Waals surface area contributed by atoms with Crippen LogP contribution in [0.5, 0.6) is 0 Å². The molecule has 0 saturated heterocycles. The van der Waals surface area contributed by atoms with Gasteiger partial charge in [-0.1, -0.05) is 60.7 Å². The lowest BCUT2D eigenvalue weighted by Crippen LogP contribution is -2.47. The highest BCUT2D eigenvalue weighted by molar-refractivity contribution is 5.96. The number of aliphatic hydroxyl groups is 2. The molecule has 4 rings (SSSR count). The topological polar surface area (TPSA) is 228 Å². The van der Waals surface area contributed by atoms with Gasteiger partial charge in [0, 0.05) is 11.1 Å². The molecule has 15 nitrogen and oxygen atoms in total. The number of carbonyl (C=O) groups is 4. The van der Waals surface area contributed by atoms with Crippen molar-refractivity contribution in [1.29, 1.82) is 5.26 Å². The highest BCUT2D eigenvalue weighted by atomic mass is 16.4. The third-order valence-corrected chi connectivity index (χ3v) is 8.46. The highest BCUT2D eigenvalue weighted by Crippen LogP contribution is 2.23. The van der Waals surface area contributed by atoms with E-state index >= 15 is 0 Å². The van der Waals surface area contributed by atoms with Gasteiger partial charge in [-0.25, -0.2) is 20.4 Å². The van der Waals surface area contributed by atoms with E-state index in [0.717, 1.165) is 22.3 Å². The summed E-state index contributed by atoms with van der Waals surface area (Å²) >= 11 is 0. The van der Waals surface area contributed by atoms with E-state index in [1.54, 1.807) is 54.6 Å². The molecule has 0 aliphatic heterocycles. The van der Waals surface area contributed by atoms with E-state index in [1.807, 2.05) is 31.4 Å². The number of rotatable bonds is 10. The molecule has 0 heterocycles. The fourth-order valence-corrected chi connectivity index (χ4v) is 5.14. The Hall–Kier alpha value is -7.40. The van der Waals surface area contributed by atoms with Crippen LogP contribution in [0.2, 0.25) is 0 Å². The largest absolute Gasteiger partial charge is 0.481 e. The molecule has 57 heavy (non-hydrogen) atoms. The number of aryl methyl sites for hydroxylation is 2. The molecule has 0 saturated carbocycles. The van der Waals surface area contributed by atoms with Crippen LogP contribution in [0.15, 0.2) is 84.9 Å². The van der Waals surface area contributed by atoms with Gasteiger partial charge in [0.25, 0.3) is 11.8 Å². The van der Waals surface area contributed by atoms with E-state index in [-0.39, 0.29) is 18.7 Å². The number of amides is 3. The van der Waals surface area contributed by atoms with Gasteiger partial charge in [0.2, 0.25) is 5.91 Å². The van der Waals surface area contributed by atoms with Crippen molar-refractivity contribution in [3.63, 3.8) is 0 Å². The van der Waals surface area contributed by atoms with E-state index in [4.69, 9.17) is 35.9 Å². The average Bonchev–Trinajstić information content (AvgIpc) is 3.20. The molecular weight excluding hydrogens is 729 g/mol. The van der Waals surface area contributed by atoms with Gasteiger partial charge < -0.3 is 15.3 Å². The number of aliphatic carboxylic acids is 1. The Morgan fingerprint density at radius 3 is 1.54 bits per heavy atom. The second-order valence-corrected chi connectivity index (χ2v) is 12.7. The zero-order valence-electron chi connectivity index (χ0n) is 31.6. The van der Waals surface area contributed by atoms with Crippen LogP contribution in [-0.2, 0) is 22.4 Å². The van der Waals surface area contributed by atoms with Crippen LogP contribution in [0.1, 0.15) is 62.4 Å². The maximum Gasteiger partial charge on any atom is 0.309 e. The minimum Gasteiger partial charge on any atom is -0.481 e. The molecule has 292 valence electrons. The average molecular weight is 771 g/mol. The summed E-state index contributed by atoms with van der Waals surface area (Å²) in [5.41, 5.74) is 12.7. The summed E-state index contributed by atoms with van der Waals surface area (Å²) < 4.78 is 0. The molecule has 0 fully saturated rings. The predicted molar refractivity (Wildman–Crippen MR) is 211 cm³/mol. The van der Waals surface area contributed by atoms with Crippen molar-refractivity contribution in [3.05, 3.63) is 158 Å². The summed E-state index contributed by atoms with van der Waals surface area (Å²) in [4.78, 5) is 56.3. The third kappa shape index (κ3) is 14.4. The molecule has 0 aromatic heterocycles. The van der Waals surface area contributed by atoms with Crippen molar-refractivity contribution in [3.8, 4) is 6.07 Å². The lowest BCUT2D eigenvalue weighted by Gasteiger charge is -2.20. The molecular formula is C42H42N8O7. The quantitative estimate of drug-likeness (QED) is 0.0472. The standard InChI is InChI=1S/C21H20N4O3.C13H15NO3.C8H7N3O/c1-13-10-16(6-9-19(13)23-3)11-18(14(2)26)21(28)25-24-20(27)17-7-4-15(12-22)5-8-17;1-8-6-10(4-5-12(8)14-3)7-11(9(2)15)13(16)17;1-10-7-4-2-6(3-5-7)8(12)11-9/h4-10,14,18,26H,11H2,1-2H3,(H,24,27)(H,25,28);4-6,9,11,15H,7H2,1-2H3,(H,16,17);2-5H,9H2,(H,11,12)/t14-,18+;9-,11+;/m00./s1. The molecule has 4 aromatic rings. The van der Waals surface area contributed by atoms with Crippen LogP contribution >= 0.6 is 0 Å². The number of nitrogens with one attached hydrogen (secondary N) is 3. The number of nitrogen functional groups attached to an aromatic ring is 1. The summed E-state index contributed by atoms with van der Waals surface area (Å²) in [7, 11) is 0. The Balaban J connectivity index is 0.000000327. The second-order valence-electron chi connectivity index (χ2n) is 12.7. The molecule has 15 heteroatoms. The first-order valence-corrected chi connectivity index (χ1v) is 17.2. The van der Waals surface area contributed by atoms with Crippen molar-refractivity contribution in [2.75, 3.05) is 0 Å². The van der Waals surface area contributed by atoms with E-state index in [9.17, 15) is 29.4 Å². The number of benzene rings is 4. The second kappa shape index (κ2) is 22.7. The number of nitrogens with zero attached hydrogens (tertiary/aromatic N) is 4. The molecule has 8 N–H and O–H groups in total. The molecule has 0 bridgehead atoms. The normalized spacial score (nSPS) is 11.9. The van der Waals surface area contributed by atoms with Gasteiger partial charge in [0.15, 0.2) is 17.1 Å². The van der Waals surface area contributed by atoms with Gasteiger partial charge in [-0.3, -0.25) is 35.5 Å². The number of carboxylic acid groups (broad SMARTS) is 1. The zero-order chi connectivity index (χ0) is 42.7. The number of nitrogens with two attached hydrogens (primary N) is 1. The Kier molecular flexibility index (Phi) is 18.2. The fraction of sp³-hybridized carbons (Fsp3) is 0.238. The maximum atomic E-state index is 12.5. The lowest BCUT2D eigenvalue weighted by atomic mass is 9.93. The Morgan fingerprint density at radius 2 is 1.16 bits per heavy atom. The Morgan fingerprint density at radius 1 is 0.702 bits per heavy atom. The predicted octanol–water partition coefficient (Wildman–Crippen LogP) is 5.43. The highest BCUT2D eigenvalue weighted by Gasteiger charge is 2.25. The van der Waals surface area contributed by atoms with Crippen molar-refractivity contribution in [2.24, 2.45) is 17.7 Å². The van der Waals surface area contributed by atoms with Crippen LogP contribution in [0.4, 0.5) is 17.1 Å². The number of carboxylic acids is 1. The van der Waals surface area contributed by atoms with Crippen molar-refractivity contribution in [1.82, 2.24) is 16.3 Å². The number of nitriles is 1. The van der Waals surface area contributed by atoms with E-state index < -0.39 is 41.8 Å². The van der Waals surface area contributed by atoms with Crippen LogP contribution in [0.3, 0.4) is 0 Å². The first-order chi connectivity index (χ1) is 27.1. The first-order valence-electron chi connectivity index (χ1n) is 17.2. The molecule has 4 atom stereocenters. The summed E-state index contributed by atoms with van der Waals surface area (Å²) in [5, 5.41) is 37.1. The van der Waals surface area contributed by atoms with Gasteiger partial charge in [0.05, 0.1) is 55.4 Å². The first kappa shape index (κ1) is 45.8. The molecule has 0 aliphatic rings. The van der Waals surface area contributed by atoms with E-state index in [0.29, 0.717) is 33.8 Å². The molecule has 3 amide bonds. The minimum absolute atomic E-state index is 0.259. The SMILES string of the molecule is [C-]#[N+]c1ccc(C(=O)NN)cc1.[C-]#[N+]c1ccc(C[C@@H](C(=O)NNC(=O)c2ccc(C#N)cc2)[C@H](C)O)cc1C.[C-]#[N+]c1ccc(C[C@@H](C(=O)O)[C@H](C)O)cc1C. The van der Waals surface area contributed by atoms with Crippen molar-refractivity contribution in [2.45, 2.75) is 52.7 Å². The summed E-state index contributed by atoms with van der Waals surface area (Å²) in [6.45, 7) is 27.3. The van der Waals surface area contributed by atoms with Crippen LogP contribution in [0, 0.1) is 56.7 Å². The van der Waals surface area contributed by atoms with Crippen LogP contribution in [-0.4, -0.2) is 51.2 Å². The number of carbonyl (C=O) groups excluding carboxylic acids is 3. The molecule has 4 aromatic carbocycles. The smallest absolute Gasteiger partial charge is 0.309 e. The minimum atomic E-state index is -1.01. The number of hydrazine groups is 2. The van der Waals surface area contributed by atoms with Crippen LogP contribution < -0.4 is 22.1 Å². The summed E-state index contributed by atoms with van der Waals surface area (Å²) in [6.07, 6.45) is -1.30. The Labute approximate surface area is 330 Å². The Bertz CT molecular complexity index is 2210. The number of hydrogen-bond donors (Lipinski definition) is 7. The zero-order valence-corrected chi connectivity index (χ0v) is 31.6. The lowest BCUT2D eigenvalue weighted by molar-refractivity contribution is -0.145. The third-order valence-electron chi connectivity index (χ3n) is 8.46. The van der Waals surface area contributed by atoms with Gasteiger partial charge in [0.1, 0.15) is 0 Å². The molecule has 0 radical (unpaired) electrons.